The maximum Gasteiger partial charge on any atom is 0.137 e. The molecular formula is C14H15FO. The summed E-state index contributed by atoms with van der Waals surface area (Å²) in [6, 6.07) is 10.4. The van der Waals surface area contributed by atoms with Gasteiger partial charge in [0.1, 0.15) is 17.3 Å². The molecule has 0 radical (unpaired) electrons. The summed E-state index contributed by atoms with van der Waals surface area (Å²) >= 11 is 0. The van der Waals surface area contributed by atoms with Gasteiger partial charge in [0, 0.05) is 6.42 Å². The van der Waals surface area contributed by atoms with Crippen LogP contribution in [0, 0.1) is 11.7 Å². The first-order valence-electron chi connectivity index (χ1n) is 5.50. The highest BCUT2D eigenvalue weighted by Crippen LogP contribution is 2.25. The first-order valence-corrected chi connectivity index (χ1v) is 5.50. The maximum absolute atomic E-state index is 13.5. The fourth-order valence-electron chi connectivity index (χ4n) is 1.70. The Morgan fingerprint density at radius 3 is 2.56 bits per heavy atom. The van der Waals surface area contributed by atoms with Crippen molar-refractivity contribution < 1.29 is 8.81 Å². The highest BCUT2D eigenvalue weighted by Gasteiger charge is 2.09. The first kappa shape index (κ1) is 10.9. The monoisotopic (exact) mass is 218 g/mol. The Morgan fingerprint density at radius 1 is 1.12 bits per heavy atom. The molecule has 0 spiro atoms. The molecule has 2 heteroatoms. The lowest BCUT2D eigenvalue weighted by atomic mass is 10.1. The van der Waals surface area contributed by atoms with Gasteiger partial charge in [-0.05, 0) is 30.2 Å². The highest BCUT2D eigenvalue weighted by atomic mass is 19.1. The summed E-state index contributed by atoms with van der Waals surface area (Å²) in [6.07, 6.45) is 0.883. The second-order valence-corrected chi connectivity index (χ2v) is 4.34. The molecule has 2 rings (SSSR count). The summed E-state index contributed by atoms with van der Waals surface area (Å²) in [5.74, 6) is 1.81. The number of furan rings is 1. The van der Waals surface area contributed by atoms with E-state index in [1.54, 1.807) is 12.1 Å². The zero-order valence-electron chi connectivity index (χ0n) is 9.53. The third-order valence-corrected chi connectivity index (χ3v) is 2.41. The molecule has 0 atom stereocenters. The molecule has 0 bridgehead atoms. The summed E-state index contributed by atoms with van der Waals surface area (Å²) < 4.78 is 19.1. The Bertz CT molecular complexity index is 471. The minimum atomic E-state index is -0.243. The Balaban J connectivity index is 2.28. The van der Waals surface area contributed by atoms with Crippen LogP contribution in [-0.2, 0) is 6.42 Å². The molecule has 0 N–H and O–H groups in total. The average Bonchev–Trinajstić information content (AvgIpc) is 2.66. The SMILES string of the molecule is CC(C)Cc1ccc(-c2ccccc2F)o1. The highest BCUT2D eigenvalue weighted by molar-refractivity contribution is 5.58. The van der Waals surface area contributed by atoms with Crippen molar-refractivity contribution in [3.05, 3.63) is 48.0 Å². The van der Waals surface area contributed by atoms with Gasteiger partial charge in [0.15, 0.2) is 0 Å². The third-order valence-electron chi connectivity index (χ3n) is 2.41. The van der Waals surface area contributed by atoms with Crippen LogP contribution in [-0.4, -0.2) is 0 Å². The van der Waals surface area contributed by atoms with E-state index in [0.717, 1.165) is 12.2 Å². The lowest BCUT2D eigenvalue weighted by Crippen LogP contribution is -1.90. The summed E-state index contributed by atoms with van der Waals surface area (Å²) in [6.45, 7) is 4.26. The molecule has 84 valence electrons. The van der Waals surface area contributed by atoms with Crippen LogP contribution < -0.4 is 0 Å². The lowest BCUT2D eigenvalue weighted by molar-refractivity contribution is 0.479. The van der Waals surface area contributed by atoms with E-state index in [1.807, 2.05) is 18.2 Å². The fraction of sp³-hybridized carbons (Fsp3) is 0.286. The van der Waals surface area contributed by atoms with E-state index in [2.05, 4.69) is 13.8 Å². The zero-order valence-corrected chi connectivity index (χ0v) is 9.53. The van der Waals surface area contributed by atoms with Crippen LogP contribution in [0.15, 0.2) is 40.8 Å². The number of hydrogen-bond acceptors (Lipinski definition) is 1. The molecule has 0 saturated carbocycles. The molecule has 0 saturated heterocycles. The van der Waals surface area contributed by atoms with Gasteiger partial charge >= 0.3 is 0 Å². The first-order chi connectivity index (χ1) is 7.66. The van der Waals surface area contributed by atoms with Crippen molar-refractivity contribution in [3.63, 3.8) is 0 Å². The summed E-state index contributed by atoms with van der Waals surface area (Å²) in [4.78, 5) is 0. The molecular weight excluding hydrogens is 203 g/mol. The lowest BCUT2D eigenvalue weighted by Gasteiger charge is -2.01. The van der Waals surface area contributed by atoms with Gasteiger partial charge in [0.05, 0.1) is 5.56 Å². The Kier molecular flexibility index (Phi) is 3.09. The zero-order chi connectivity index (χ0) is 11.5. The minimum Gasteiger partial charge on any atom is -0.461 e. The van der Waals surface area contributed by atoms with Gasteiger partial charge in [-0.1, -0.05) is 26.0 Å². The van der Waals surface area contributed by atoms with Crippen molar-refractivity contribution >= 4 is 0 Å². The molecule has 2 aromatic rings. The molecule has 0 amide bonds. The minimum absolute atomic E-state index is 0.243. The molecule has 1 heterocycles. The van der Waals surface area contributed by atoms with E-state index in [4.69, 9.17) is 4.42 Å². The number of benzene rings is 1. The van der Waals surface area contributed by atoms with Gasteiger partial charge in [0.25, 0.3) is 0 Å². The van der Waals surface area contributed by atoms with Crippen LogP contribution in [0.1, 0.15) is 19.6 Å². The van der Waals surface area contributed by atoms with Gasteiger partial charge in [0.2, 0.25) is 0 Å². The Labute approximate surface area is 94.9 Å². The molecule has 1 aromatic carbocycles. The largest absolute Gasteiger partial charge is 0.461 e. The molecule has 0 fully saturated rings. The Hall–Kier alpha value is -1.57. The summed E-state index contributed by atoms with van der Waals surface area (Å²) in [7, 11) is 0. The van der Waals surface area contributed by atoms with E-state index >= 15 is 0 Å². The van der Waals surface area contributed by atoms with Crippen molar-refractivity contribution in [1.29, 1.82) is 0 Å². The molecule has 1 nitrogen and oxygen atoms in total. The van der Waals surface area contributed by atoms with Gasteiger partial charge < -0.3 is 4.42 Å². The van der Waals surface area contributed by atoms with Gasteiger partial charge in [-0.2, -0.15) is 0 Å². The topological polar surface area (TPSA) is 13.1 Å². The van der Waals surface area contributed by atoms with Crippen LogP contribution in [0.25, 0.3) is 11.3 Å². The maximum atomic E-state index is 13.5. The van der Waals surface area contributed by atoms with Crippen LogP contribution >= 0.6 is 0 Å². The van der Waals surface area contributed by atoms with E-state index in [-0.39, 0.29) is 5.82 Å². The van der Waals surface area contributed by atoms with Crippen LogP contribution in [0.3, 0.4) is 0 Å². The molecule has 1 aromatic heterocycles. The van der Waals surface area contributed by atoms with Crippen molar-refractivity contribution in [1.82, 2.24) is 0 Å². The number of hydrogen-bond donors (Lipinski definition) is 0. The standard InChI is InChI=1S/C14H15FO/c1-10(2)9-11-7-8-14(16-11)12-5-3-4-6-13(12)15/h3-8,10H,9H2,1-2H3. The number of halogens is 1. The summed E-state index contributed by atoms with van der Waals surface area (Å²) in [5, 5.41) is 0. The predicted octanol–water partition coefficient (Wildman–Crippen LogP) is 4.28. The fourth-order valence-corrected chi connectivity index (χ4v) is 1.70. The van der Waals surface area contributed by atoms with Gasteiger partial charge in [-0.3, -0.25) is 0 Å². The molecule has 0 aliphatic carbocycles. The second-order valence-electron chi connectivity index (χ2n) is 4.34. The van der Waals surface area contributed by atoms with Crippen LogP contribution in [0.5, 0.6) is 0 Å². The second kappa shape index (κ2) is 4.52. The van der Waals surface area contributed by atoms with E-state index in [1.165, 1.54) is 6.07 Å². The van der Waals surface area contributed by atoms with Crippen LogP contribution in [0.2, 0.25) is 0 Å². The van der Waals surface area contributed by atoms with Gasteiger partial charge in [-0.15, -0.1) is 0 Å². The number of rotatable bonds is 3. The smallest absolute Gasteiger partial charge is 0.137 e. The third kappa shape index (κ3) is 2.32. The normalized spacial score (nSPS) is 11.0. The predicted molar refractivity (Wildman–Crippen MR) is 62.6 cm³/mol. The molecule has 0 unspecified atom stereocenters. The molecule has 16 heavy (non-hydrogen) atoms. The van der Waals surface area contributed by atoms with Crippen molar-refractivity contribution in [2.24, 2.45) is 5.92 Å². The van der Waals surface area contributed by atoms with E-state index in [0.29, 0.717) is 17.2 Å². The quantitative estimate of drug-likeness (QED) is 0.749. The van der Waals surface area contributed by atoms with Crippen molar-refractivity contribution in [3.8, 4) is 11.3 Å². The van der Waals surface area contributed by atoms with Crippen molar-refractivity contribution in [2.45, 2.75) is 20.3 Å². The van der Waals surface area contributed by atoms with Crippen LogP contribution in [0.4, 0.5) is 4.39 Å². The molecule has 0 aliphatic rings. The van der Waals surface area contributed by atoms with E-state index < -0.39 is 0 Å². The average molecular weight is 218 g/mol. The molecule has 0 aliphatic heterocycles. The Morgan fingerprint density at radius 2 is 1.88 bits per heavy atom. The summed E-state index contributed by atoms with van der Waals surface area (Å²) in [5.41, 5.74) is 0.525. The van der Waals surface area contributed by atoms with E-state index in [9.17, 15) is 4.39 Å². The van der Waals surface area contributed by atoms with Gasteiger partial charge in [-0.25, -0.2) is 4.39 Å². The van der Waals surface area contributed by atoms with Crippen molar-refractivity contribution in [2.75, 3.05) is 0 Å².